The summed E-state index contributed by atoms with van der Waals surface area (Å²) in [6.07, 6.45) is 5.34. The van der Waals surface area contributed by atoms with Crippen LogP contribution in [0.4, 0.5) is 0 Å². The van der Waals surface area contributed by atoms with Crippen molar-refractivity contribution in [2.45, 2.75) is 73.3 Å². The molecule has 1 N–H and O–H groups in total. The van der Waals surface area contributed by atoms with Gasteiger partial charge in [0.05, 0.1) is 0 Å². The van der Waals surface area contributed by atoms with Gasteiger partial charge >= 0.3 is 0 Å². The van der Waals surface area contributed by atoms with Crippen molar-refractivity contribution in [3.63, 3.8) is 0 Å². The summed E-state index contributed by atoms with van der Waals surface area (Å²) < 4.78 is 0. The van der Waals surface area contributed by atoms with Crippen molar-refractivity contribution >= 4 is 0 Å². The van der Waals surface area contributed by atoms with E-state index in [2.05, 4.69) is 46.9 Å². The van der Waals surface area contributed by atoms with Gasteiger partial charge in [0.2, 0.25) is 0 Å². The molecule has 0 aliphatic heterocycles. The molecule has 0 rings (SSSR count). The van der Waals surface area contributed by atoms with Crippen LogP contribution in [0.3, 0.4) is 0 Å². The fourth-order valence-corrected chi connectivity index (χ4v) is 2.62. The van der Waals surface area contributed by atoms with Crippen molar-refractivity contribution < 1.29 is 0 Å². The summed E-state index contributed by atoms with van der Waals surface area (Å²) >= 11 is 0. The molecule has 0 saturated carbocycles. The Hall–Kier alpha value is -0.0400. The zero-order chi connectivity index (χ0) is 11.9. The predicted molar refractivity (Wildman–Crippen MR) is 70.2 cm³/mol. The fraction of sp³-hybridized carbons (Fsp3) is 1.00. The highest BCUT2D eigenvalue weighted by Gasteiger charge is 2.30. The van der Waals surface area contributed by atoms with Gasteiger partial charge in [-0.3, -0.25) is 0 Å². The third kappa shape index (κ3) is 5.55. The van der Waals surface area contributed by atoms with Crippen LogP contribution in [-0.4, -0.2) is 12.6 Å². The Morgan fingerprint density at radius 1 is 0.933 bits per heavy atom. The van der Waals surface area contributed by atoms with Crippen molar-refractivity contribution in [3.8, 4) is 0 Å². The second-order valence-electron chi connectivity index (χ2n) is 5.74. The smallest absolute Gasteiger partial charge is 0.0144 e. The van der Waals surface area contributed by atoms with E-state index in [4.69, 9.17) is 0 Å². The molecule has 0 aliphatic carbocycles. The monoisotopic (exact) mass is 213 g/mol. The molecule has 0 amide bonds. The predicted octanol–water partition coefficient (Wildman–Crippen LogP) is 4.23. The highest BCUT2D eigenvalue weighted by molar-refractivity contribution is 4.86. The Kier molecular flexibility index (Phi) is 7.25. The molecule has 1 heteroatoms. The molecule has 0 aromatic rings. The average molecular weight is 213 g/mol. The maximum atomic E-state index is 3.69. The Morgan fingerprint density at radius 3 is 1.67 bits per heavy atom. The van der Waals surface area contributed by atoms with E-state index >= 15 is 0 Å². The van der Waals surface area contributed by atoms with Crippen LogP contribution in [0.5, 0.6) is 0 Å². The zero-order valence-corrected chi connectivity index (χ0v) is 11.7. The Bertz CT molecular complexity index is 140. The van der Waals surface area contributed by atoms with Crippen LogP contribution in [0.15, 0.2) is 0 Å². The zero-order valence-electron chi connectivity index (χ0n) is 11.7. The lowest BCUT2D eigenvalue weighted by molar-refractivity contribution is 0.177. The van der Waals surface area contributed by atoms with Gasteiger partial charge in [-0.1, -0.05) is 54.4 Å². The number of nitrogens with one attached hydrogen (secondary N) is 1. The molecule has 1 atom stereocenters. The van der Waals surface area contributed by atoms with Gasteiger partial charge in [-0.25, -0.2) is 0 Å². The van der Waals surface area contributed by atoms with Gasteiger partial charge in [-0.05, 0) is 30.7 Å². The molecule has 0 radical (unpaired) electrons. The van der Waals surface area contributed by atoms with Crippen molar-refractivity contribution in [1.29, 1.82) is 0 Å². The first kappa shape index (κ1) is 15.0. The lowest BCUT2D eigenvalue weighted by Gasteiger charge is -2.38. The lowest BCUT2D eigenvalue weighted by atomic mass is 9.75. The van der Waals surface area contributed by atoms with Crippen molar-refractivity contribution in [2.75, 3.05) is 6.54 Å². The van der Waals surface area contributed by atoms with Crippen LogP contribution < -0.4 is 5.32 Å². The van der Waals surface area contributed by atoms with Gasteiger partial charge in [0.25, 0.3) is 0 Å². The number of hydrogen-bond donors (Lipinski definition) is 1. The Morgan fingerprint density at radius 2 is 1.40 bits per heavy atom. The van der Waals surface area contributed by atoms with Crippen LogP contribution in [0.2, 0.25) is 0 Å². The second-order valence-corrected chi connectivity index (χ2v) is 5.74. The normalized spacial score (nSPS) is 14.6. The van der Waals surface area contributed by atoms with Crippen LogP contribution >= 0.6 is 0 Å². The minimum Gasteiger partial charge on any atom is -0.313 e. The molecule has 0 bridgehead atoms. The topological polar surface area (TPSA) is 12.0 Å². The first-order valence-corrected chi connectivity index (χ1v) is 6.70. The quantitative estimate of drug-likeness (QED) is 0.667. The van der Waals surface area contributed by atoms with E-state index in [0.717, 1.165) is 12.5 Å². The molecule has 0 aliphatic rings. The largest absolute Gasteiger partial charge is 0.313 e. The molecule has 92 valence electrons. The summed E-state index contributed by atoms with van der Waals surface area (Å²) in [5, 5.41) is 3.69. The van der Waals surface area contributed by atoms with Crippen LogP contribution in [0.25, 0.3) is 0 Å². The molecule has 0 spiro atoms. The minimum atomic E-state index is 0.380. The molecular weight excluding hydrogens is 182 g/mol. The van der Waals surface area contributed by atoms with Crippen molar-refractivity contribution in [2.24, 2.45) is 11.3 Å². The standard InChI is InChI=1S/C14H31N/c1-7-10-12(11-8-2)13(15-9-3)14(4,5)6/h12-13,15H,7-11H2,1-6H3. The minimum absolute atomic E-state index is 0.380. The molecule has 0 saturated heterocycles. The maximum absolute atomic E-state index is 3.69. The van der Waals surface area contributed by atoms with Gasteiger partial charge in [-0.15, -0.1) is 0 Å². The van der Waals surface area contributed by atoms with Crippen LogP contribution in [0.1, 0.15) is 67.2 Å². The van der Waals surface area contributed by atoms with E-state index in [-0.39, 0.29) is 0 Å². The van der Waals surface area contributed by atoms with E-state index in [9.17, 15) is 0 Å². The average Bonchev–Trinajstić information content (AvgIpc) is 2.12. The van der Waals surface area contributed by atoms with Gasteiger partial charge in [-0.2, -0.15) is 0 Å². The van der Waals surface area contributed by atoms with E-state index in [1.54, 1.807) is 0 Å². The third-order valence-electron chi connectivity index (χ3n) is 3.15. The van der Waals surface area contributed by atoms with Crippen molar-refractivity contribution in [3.05, 3.63) is 0 Å². The highest BCUT2D eigenvalue weighted by Crippen LogP contribution is 2.30. The highest BCUT2D eigenvalue weighted by atomic mass is 14.9. The molecule has 0 aromatic carbocycles. The maximum Gasteiger partial charge on any atom is 0.0144 e. The Balaban J connectivity index is 4.51. The molecule has 1 nitrogen and oxygen atoms in total. The number of rotatable bonds is 7. The first-order valence-electron chi connectivity index (χ1n) is 6.70. The molecular formula is C14H31N. The molecule has 1 unspecified atom stereocenters. The van der Waals surface area contributed by atoms with Gasteiger partial charge in [0, 0.05) is 6.04 Å². The summed E-state index contributed by atoms with van der Waals surface area (Å²) in [5.41, 5.74) is 0.380. The van der Waals surface area contributed by atoms with Crippen molar-refractivity contribution in [1.82, 2.24) is 5.32 Å². The number of hydrogen-bond acceptors (Lipinski definition) is 1. The molecule has 0 aromatic heterocycles. The van der Waals surface area contributed by atoms with Gasteiger partial charge in [0.1, 0.15) is 0 Å². The molecule has 0 heterocycles. The lowest BCUT2D eigenvalue weighted by Crippen LogP contribution is -2.45. The van der Waals surface area contributed by atoms with Gasteiger partial charge < -0.3 is 5.32 Å². The second kappa shape index (κ2) is 7.27. The summed E-state index contributed by atoms with van der Waals surface area (Å²) in [7, 11) is 0. The summed E-state index contributed by atoms with van der Waals surface area (Å²) in [6.45, 7) is 15.0. The summed E-state index contributed by atoms with van der Waals surface area (Å²) in [5.74, 6) is 0.847. The van der Waals surface area contributed by atoms with Crippen LogP contribution in [0, 0.1) is 11.3 Å². The SMILES string of the molecule is CCCC(CCC)C(NCC)C(C)(C)C. The summed E-state index contributed by atoms with van der Waals surface area (Å²) in [4.78, 5) is 0. The van der Waals surface area contributed by atoms with Gasteiger partial charge in [0.15, 0.2) is 0 Å². The molecule has 0 fully saturated rings. The van der Waals surface area contributed by atoms with E-state index < -0.39 is 0 Å². The van der Waals surface area contributed by atoms with Crippen LogP contribution in [-0.2, 0) is 0 Å². The molecule has 15 heavy (non-hydrogen) atoms. The Labute approximate surface area is 97.0 Å². The van der Waals surface area contributed by atoms with E-state index in [0.29, 0.717) is 11.5 Å². The fourth-order valence-electron chi connectivity index (χ4n) is 2.62. The van der Waals surface area contributed by atoms with E-state index in [1.807, 2.05) is 0 Å². The first-order chi connectivity index (χ1) is 6.97. The summed E-state index contributed by atoms with van der Waals surface area (Å²) in [6, 6.07) is 0.669. The van der Waals surface area contributed by atoms with E-state index in [1.165, 1.54) is 25.7 Å². The third-order valence-corrected chi connectivity index (χ3v) is 3.15.